The lowest BCUT2D eigenvalue weighted by molar-refractivity contribution is 1.16. The minimum absolute atomic E-state index is 0.0783. The van der Waals surface area contributed by atoms with Crippen LogP contribution in [0.2, 0.25) is 0 Å². The highest BCUT2D eigenvalue weighted by Crippen LogP contribution is 2.09. The van der Waals surface area contributed by atoms with E-state index in [2.05, 4.69) is 16.8 Å². The van der Waals surface area contributed by atoms with E-state index in [4.69, 9.17) is 10.5 Å². The topological polar surface area (TPSA) is 64.9 Å². The molecule has 0 spiro atoms. The van der Waals surface area contributed by atoms with E-state index < -0.39 is 0 Å². The highest BCUT2D eigenvalue weighted by atomic mass is 15.0. The first-order valence-corrected chi connectivity index (χ1v) is 6.86. The van der Waals surface area contributed by atoms with Crippen LogP contribution in [0.1, 0.15) is 16.8 Å². The molecule has 0 saturated heterocycles. The fourth-order valence-electron chi connectivity index (χ4n) is 2.08. The monoisotopic (exact) mass is 294 g/mol. The molecule has 0 unspecified atom stereocenters. The van der Waals surface area contributed by atoms with Gasteiger partial charge in [-0.05, 0) is 41.8 Å². The highest BCUT2D eigenvalue weighted by Gasteiger charge is 1.98. The van der Waals surface area contributed by atoms with Crippen molar-refractivity contribution in [3.8, 4) is 24.0 Å². The van der Waals surface area contributed by atoms with E-state index in [0.29, 0.717) is 0 Å². The van der Waals surface area contributed by atoms with Gasteiger partial charge in [-0.15, -0.1) is 0 Å². The Morgan fingerprint density at radius 3 is 2.52 bits per heavy atom. The van der Waals surface area contributed by atoms with Crippen LogP contribution in [0.3, 0.4) is 0 Å². The van der Waals surface area contributed by atoms with Crippen molar-refractivity contribution in [2.24, 2.45) is 0 Å². The number of imidazole rings is 1. The molecule has 0 fully saturated rings. The standard InChI is InChI=1S/C19H10N4/c20-12-17(13-21)11-16-6-4-15(5-7-16)8-9-18-14-22-19-3-1-2-10-23(18)19/h1-7,10-11,14H. The Balaban J connectivity index is 1.87. The molecule has 23 heavy (non-hydrogen) atoms. The fraction of sp³-hybridized carbons (Fsp3) is 0. The van der Waals surface area contributed by atoms with Crippen LogP contribution in [0.5, 0.6) is 0 Å². The summed E-state index contributed by atoms with van der Waals surface area (Å²) in [6.07, 6.45) is 5.21. The second kappa shape index (κ2) is 6.31. The van der Waals surface area contributed by atoms with Crippen LogP contribution in [-0.4, -0.2) is 9.38 Å². The molecule has 2 heterocycles. The summed E-state index contributed by atoms with van der Waals surface area (Å²) >= 11 is 0. The number of hydrogen-bond acceptors (Lipinski definition) is 3. The number of benzene rings is 1. The first-order chi connectivity index (χ1) is 11.3. The van der Waals surface area contributed by atoms with Crippen LogP contribution < -0.4 is 0 Å². The Hall–Kier alpha value is -3.81. The van der Waals surface area contributed by atoms with Gasteiger partial charge in [0.2, 0.25) is 0 Å². The number of allylic oxidation sites excluding steroid dienone is 1. The molecule has 4 heteroatoms. The van der Waals surface area contributed by atoms with Gasteiger partial charge in [0.15, 0.2) is 0 Å². The molecule has 106 valence electrons. The third-order valence-corrected chi connectivity index (χ3v) is 3.21. The van der Waals surface area contributed by atoms with Gasteiger partial charge in [0, 0.05) is 11.8 Å². The number of aromatic nitrogens is 2. The molecule has 3 rings (SSSR count). The fourth-order valence-corrected chi connectivity index (χ4v) is 2.08. The minimum atomic E-state index is 0.0783. The Bertz CT molecular complexity index is 1010. The zero-order valence-electron chi connectivity index (χ0n) is 12.1. The van der Waals surface area contributed by atoms with Gasteiger partial charge in [0.25, 0.3) is 0 Å². The molecule has 0 radical (unpaired) electrons. The van der Waals surface area contributed by atoms with Crippen LogP contribution >= 0.6 is 0 Å². The molecule has 1 aromatic carbocycles. The maximum Gasteiger partial charge on any atom is 0.137 e. The predicted octanol–water partition coefficient (Wildman–Crippen LogP) is 3.16. The van der Waals surface area contributed by atoms with E-state index in [1.165, 1.54) is 0 Å². The second-order valence-electron chi connectivity index (χ2n) is 4.73. The van der Waals surface area contributed by atoms with Crippen molar-refractivity contribution in [1.82, 2.24) is 9.38 Å². The summed E-state index contributed by atoms with van der Waals surface area (Å²) < 4.78 is 1.93. The molecule has 0 amide bonds. The van der Waals surface area contributed by atoms with E-state index in [0.717, 1.165) is 22.5 Å². The summed E-state index contributed by atoms with van der Waals surface area (Å²) in [7, 11) is 0. The van der Waals surface area contributed by atoms with E-state index in [9.17, 15) is 0 Å². The molecule has 3 aromatic rings. The summed E-state index contributed by atoms with van der Waals surface area (Å²) in [5, 5.41) is 17.5. The number of nitriles is 2. The Labute approximate surface area is 133 Å². The normalized spacial score (nSPS) is 9.30. The third-order valence-electron chi connectivity index (χ3n) is 3.21. The van der Waals surface area contributed by atoms with Crippen molar-refractivity contribution < 1.29 is 0 Å². The van der Waals surface area contributed by atoms with E-state index in [1.54, 1.807) is 12.3 Å². The van der Waals surface area contributed by atoms with Crippen LogP contribution in [0.15, 0.2) is 60.4 Å². The summed E-state index contributed by atoms with van der Waals surface area (Å²) in [6, 6.07) is 16.8. The van der Waals surface area contributed by atoms with Crippen LogP contribution in [0.25, 0.3) is 11.7 Å². The van der Waals surface area contributed by atoms with Gasteiger partial charge in [-0.1, -0.05) is 24.1 Å². The molecule has 0 aliphatic carbocycles. The van der Waals surface area contributed by atoms with Gasteiger partial charge in [-0.2, -0.15) is 10.5 Å². The van der Waals surface area contributed by atoms with Gasteiger partial charge in [-0.25, -0.2) is 4.98 Å². The Morgan fingerprint density at radius 1 is 1.00 bits per heavy atom. The van der Waals surface area contributed by atoms with E-state index in [1.807, 2.05) is 65.2 Å². The second-order valence-corrected chi connectivity index (χ2v) is 4.73. The Kier molecular flexibility index (Phi) is 3.88. The summed E-state index contributed by atoms with van der Waals surface area (Å²) in [4.78, 5) is 4.29. The number of rotatable bonds is 1. The van der Waals surface area contributed by atoms with Crippen molar-refractivity contribution in [2.45, 2.75) is 0 Å². The number of nitrogens with zero attached hydrogens (tertiary/aromatic N) is 4. The van der Waals surface area contributed by atoms with Crippen molar-refractivity contribution in [3.05, 3.63) is 77.3 Å². The predicted molar refractivity (Wildman–Crippen MR) is 86.8 cm³/mol. The molecule has 0 saturated carbocycles. The highest BCUT2D eigenvalue weighted by molar-refractivity contribution is 5.62. The van der Waals surface area contributed by atoms with Crippen molar-refractivity contribution >= 4 is 11.7 Å². The molecular weight excluding hydrogens is 284 g/mol. The first-order valence-electron chi connectivity index (χ1n) is 6.86. The summed E-state index contributed by atoms with van der Waals surface area (Å²) in [6.45, 7) is 0. The molecule has 0 bridgehead atoms. The van der Waals surface area contributed by atoms with Crippen molar-refractivity contribution in [2.75, 3.05) is 0 Å². The maximum atomic E-state index is 8.75. The smallest absolute Gasteiger partial charge is 0.137 e. The number of fused-ring (bicyclic) bond motifs is 1. The molecule has 4 nitrogen and oxygen atoms in total. The van der Waals surface area contributed by atoms with Gasteiger partial charge in [0.05, 0.1) is 6.20 Å². The lowest BCUT2D eigenvalue weighted by atomic mass is 10.1. The van der Waals surface area contributed by atoms with Gasteiger partial charge >= 0.3 is 0 Å². The zero-order valence-corrected chi connectivity index (χ0v) is 12.1. The Morgan fingerprint density at radius 2 is 1.78 bits per heavy atom. The first kappa shape index (κ1) is 14.1. The SMILES string of the molecule is N#CC(C#N)=Cc1ccc(C#Cc2cnc3ccccn23)cc1. The number of hydrogen-bond donors (Lipinski definition) is 0. The molecule has 2 aromatic heterocycles. The zero-order chi connectivity index (χ0) is 16.1. The average Bonchev–Trinajstić information content (AvgIpc) is 3.02. The largest absolute Gasteiger partial charge is 0.293 e. The summed E-state index contributed by atoms with van der Waals surface area (Å²) in [5.41, 5.74) is 3.40. The minimum Gasteiger partial charge on any atom is -0.293 e. The van der Waals surface area contributed by atoms with E-state index >= 15 is 0 Å². The third kappa shape index (κ3) is 3.10. The summed E-state index contributed by atoms with van der Waals surface area (Å²) in [5.74, 6) is 6.18. The quantitative estimate of drug-likeness (QED) is 0.511. The van der Waals surface area contributed by atoms with Gasteiger partial charge in [0.1, 0.15) is 29.1 Å². The maximum absolute atomic E-state index is 8.75. The van der Waals surface area contributed by atoms with Gasteiger partial charge < -0.3 is 0 Å². The molecular formula is C19H10N4. The van der Waals surface area contributed by atoms with E-state index in [-0.39, 0.29) is 5.57 Å². The molecule has 0 aliphatic rings. The van der Waals surface area contributed by atoms with Crippen molar-refractivity contribution in [3.63, 3.8) is 0 Å². The molecule has 0 atom stereocenters. The lowest BCUT2D eigenvalue weighted by Gasteiger charge is -1.95. The van der Waals surface area contributed by atoms with Crippen molar-refractivity contribution in [1.29, 1.82) is 10.5 Å². The van der Waals surface area contributed by atoms with Crippen LogP contribution in [0, 0.1) is 34.5 Å². The lowest BCUT2D eigenvalue weighted by Crippen LogP contribution is -1.86. The molecule has 0 N–H and O–H groups in total. The van der Waals surface area contributed by atoms with Gasteiger partial charge in [-0.3, -0.25) is 4.40 Å². The number of pyridine rings is 1. The average molecular weight is 294 g/mol. The van der Waals surface area contributed by atoms with Crippen LogP contribution in [-0.2, 0) is 0 Å². The van der Waals surface area contributed by atoms with Crippen LogP contribution in [0.4, 0.5) is 0 Å². The molecule has 0 aliphatic heterocycles.